The van der Waals surface area contributed by atoms with Crippen molar-refractivity contribution in [2.24, 2.45) is 0 Å². The number of nitrogens with one attached hydrogen (secondary N) is 2. The zero-order valence-corrected chi connectivity index (χ0v) is 14.0. The molecule has 24 heavy (non-hydrogen) atoms. The highest BCUT2D eigenvalue weighted by Crippen LogP contribution is 2.19. The van der Waals surface area contributed by atoms with E-state index in [1.54, 1.807) is 11.4 Å². The summed E-state index contributed by atoms with van der Waals surface area (Å²) in [5.74, 6) is -0.611. The normalized spacial score (nSPS) is 14.1. The van der Waals surface area contributed by atoms with Gasteiger partial charge in [-0.15, -0.1) is 0 Å². The quantitative estimate of drug-likeness (QED) is 0.783. The number of thiophene rings is 1. The van der Waals surface area contributed by atoms with Crippen LogP contribution in [0.3, 0.4) is 0 Å². The standard InChI is InChI=1S/C17H19N3O3S/c21-15(13-7-9-24-11-13)20-17-19-14(10-23-17)16(22)18-8-6-12-4-2-1-3-5-12/h4,7,9-11H,1-3,5-6,8H2,(H,18,22)(H,19,20,21). The molecule has 2 heterocycles. The summed E-state index contributed by atoms with van der Waals surface area (Å²) in [6.45, 7) is 0.578. The maximum atomic E-state index is 12.1. The van der Waals surface area contributed by atoms with Crippen molar-refractivity contribution >= 4 is 29.2 Å². The van der Waals surface area contributed by atoms with Crippen molar-refractivity contribution in [3.05, 3.63) is 46.0 Å². The van der Waals surface area contributed by atoms with Crippen LogP contribution in [0.5, 0.6) is 0 Å². The number of amides is 2. The molecule has 0 unspecified atom stereocenters. The summed E-state index contributed by atoms with van der Waals surface area (Å²) in [5, 5.41) is 8.89. The first-order chi connectivity index (χ1) is 11.7. The van der Waals surface area contributed by atoms with Gasteiger partial charge in [-0.05, 0) is 43.6 Å². The minimum atomic E-state index is -0.311. The van der Waals surface area contributed by atoms with Crippen molar-refractivity contribution in [3.63, 3.8) is 0 Å². The molecule has 6 nitrogen and oxygen atoms in total. The zero-order chi connectivity index (χ0) is 16.8. The molecule has 0 saturated carbocycles. The Kier molecular flexibility index (Phi) is 5.43. The molecule has 0 saturated heterocycles. The molecule has 3 rings (SSSR count). The number of hydrogen-bond acceptors (Lipinski definition) is 5. The van der Waals surface area contributed by atoms with E-state index in [1.165, 1.54) is 36.0 Å². The number of carbonyl (C=O) groups excluding carboxylic acids is 2. The number of nitrogens with zero attached hydrogens (tertiary/aromatic N) is 1. The molecule has 7 heteroatoms. The van der Waals surface area contributed by atoms with Crippen LogP contribution in [0, 0.1) is 0 Å². The Bertz CT molecular complexity index is 734. The van der Waals surface area contributed by atoms with Crippen LogP contribution in [0.1, 0.15) is 53.0 Å². The Morgan fingerprint density at radius 2 is 2.21 bits per heavy atom. The van der Waals surface area contributed by atoms with E-state index in [4.69, 9.17) is 4.42 Å². The molecule has 0 atom stereocenters. The highest BCUT2D eigenvalue weighted by molar-refractivity contribution is 7.08. The monoisotopic (exact) mass is 345 g/mol. The molecule has 0 fully saturated rings. The predicted molar refractivity (Wildman–Crippen MR) is 92.3 cm³/mol. The molecule has 0 aliphatic heterocycles. The van der Waals surface area contributed by atoms with Gasteiger partial charge < -0.3 is 9.73 Å². The Morgan fingerprint density at radius 1 is 1.29 bits per heavy atom. The molecule has 2 aromatic heterocycles. The highest BCUT2D eigenvalue weighted by atomic mass is 32.1. The van der Waals surface area contributed by atoms with Crippen molar-refractivity contribution in [1.29, 1.82) is 0 Å². The van der Waals surface area contributed by atoms with Crippen molar-refractivity contribution < 1.29 is 14.0 Å². The van der Waals surface area contributed by atoms with Crippen molar-refractivity contribution in [2.45, 2.75) is 32.1 Å². The van der Waals surface area contributed by atoms with Crippen LogP contribution < -0.4 is 10.6 Å². The van der Waals surface area contributed by atoms with Gasteiger partial charge >= 0.3 is 6.01 Å². The number of anilines is 1. The SMILES string of the molecule is O=C(Nc1nc(C(=O)NCCC2=CCCCC2)co1)c1ccsc1. The predicted octanol–water partition coefficient (Wildman–Crippen LogP) is 3.61. The first kappa shape index (κ1) is 16.4. The summed E-state index contributed by atoms with van der Waals surface area (Å²) >= 11 is 1.43. The third-order valence-electron chi connectivity index (χ3n) is 3.86. The molecule has 0 aromatic carbocycles. The number of rotatable bonds is 6. The lowest BCUT2D eigenvalue weighted by Gasteiger charge is -2.12. The van der Waals surface area contributed by atoms with E-state index in [0.29, 0.717) is 12.1 Å². The van der Waals surface area contributed by atoms with Gasteiger partial charge in [0.15, 0.2) is 5.69 Å². The molecule has 2 amide bonds. The summed E-state index contributed by atoms with van der Waals surface area (Å²) in [6.07, 6.45) is 9.14. The van der Waals surface area contributed by atoms with Gasteiger partial charge in [0, 0.05) is 11.9 Å². The fourth-order valence-corrected chi connectivity index (χ4v) is 3.19. The fourth-order valence-electron chi connectivity index (χ4n) is 2.56. The third-order valence-corrected chi connectivity index (χ3v) is 4.54. The van der Waals surface area contributed by atoms with Gasteiger partial charge in [-0.25, -0.2) is 0 Å². The summed E-state index contributed by atoms with van der Waals surface area (Å²) < 4.78 is 5.14. The third kappa shape index (κ3) is 4.32. The number of hydrogen-bond donors (Lipinski definition) is 2. The van der Waals surface area contributed by atoms with Gasteiger partial charge in [0.2, 0.25) is 0 Å². The van der Waals surface area contributed by atoms with Gasteiger partial charge in [-0.1, -0.05) is 11.6 Å². The Balaban J connectivity index is 1.48. The molecule has 0 radical (unpaired) electrons. The topological polar surface area (TPSA) is 84.2 Å². The number of allylic oxidation sites excluding steroid dienone is 1. The Labute approximate surface area is 144 Å². The van der Waals surface area contributed by atoms with Crippen LogP contribution >= 0.6 is 11.3 Å². The number of carbonyl (C=O) groups is 2. The minimum Gasteiger partial charge on any atom is -0.431 e. The van der Waals surface area contributed by atoms with E-state index in [2.05, 4.69) is 21.7 Å². The van der Waals surface area contributed by atoms with Crippen LogP contribution in [-0.2, 0) is 0 Å². The van der Waals surface area contributed by atoms with Gasteiger partial charge in [-0.2, -0.15) is 16.3 Å². The van der Waals surface area contributed by atoms with Crippen molar-refractivity contribution in [1.82, 2.24) is 10.3 Å². The van der Waals surface area contributed by atoms with E-state index in [0.717, 1.165) is 19.3 Å². The van der Waals surface area contributed by atoms with Gasteiger partial charge in [-0.3, -0.25) is 14.9 Å². The van der Waals surface area contributed by atoms with Gasteiger partial charge in [0.25, 0.3) is 11.8 Å². The summed E-state index contributed by atoms with van der Waals surface area (Å²) in [4.78, 5) is 27.9. The van der Waals surface area contributed by atoms with Crippen LogP contribution in [0.15, 0.2) is 39.2 Å². The fraction of sp³-hybridized carbons (Fsp3) is 0.353. The highest BCUT2D eigenvalue weighted by Gasteiger charge is 2.15. The summed E-state index contributed by atoms with van der Waals surface area (Å²) in [5.41, 5.74) is 2.10. The second-order valence-electron chi connectivity index (χ2n) is 5.62. The summed E-state index contributed by atoms with van der Waals surface area (Å²) in [7, 11) is 0. The molecule has 1 aliphatic rings. The second-order valence-corrected chi connectivity index (χ2v) is 6.40. The van der Waals surface area contributed by atoms with Gasteiger partial charge in [0.1, 0.15) is 6.26 Å². The minimum absolute atomic E-state index is 0.0198. The first-order valence-corrected chi connectivity index (χ1v) is 8.92. The smallest absolute Gasteiger partial charge is 0.302 e. The number of oxazole rings is 1. The van der Waals surface area contributed by atoms with E-state index < -0.39 is 0 Å². The molecule has 0 bridgehead atoms. The van der Waals surface area contributed by atoms with E-state index in [9.17, 15) is 9.59 Å². The largest absolute Gasteiger partial charge is 0.431 e. The van der Waals surface area contributed by atoms with Crippen LogP contribution in [0.4, 0.5) is 6.01 Å². The average Bonchev–Trinajstić information content (AvgIpc) is 3.27. The van der Waals surface area contributed by atoms with Crippen LogP contribution in [-0.4, -0.2) is 23.3 Å². The van der Waals surface area contributed by atoms with E-state index >= 15 is 0 Å². The van der Waals surface area contributed by atoms with E-state index in [-0.39, 0.29) is 23.5 Å². The maximum Gasteiger partial charge on any atom is 0.302 e. The summed E-state index contributed by atoms with van der Waals surface area (Å²) in [6, 6.07) is 1.72. The van der Waals surface area contributed by atoms with Crippen LogP contribution in [0.2, 0.25) is 0 Å². The van der Waals surface area contributed by atoms with Crippen molar-refractivity contribution in [2.75, 3.05) is 11.9 Å². The molecule has 1 aliphatic carbocycles. The molecule has 126 valence electrons. The molecule has 0 spiro atoms. The average molecular weight is 345 g/mol. The van der Waals surface area contributed by atoms with Crippen molar-refractivity contribution in [3.8, 4) is 0 Å². The van der Waals surface area contributed by atoms with Crippen LogP contribution in [0.25, 0.3) is 0 Å². The second kappa shape index (κ2) is 7.92. The maximum absolute atomic E-state index is 12.1. The lowest BCUT2D eigenvalue weighted by atomic mass is 9.97. The van der Waals surface area contributed by atoms with Gasteiger partial charge in [0.05, 0.1) is 5.56 Å². The molecule has 2 N–H and O–H groups in total. The lowest BCUT2D eigenvalue weighted by molar-refractivity contribution is 0.0947. The zero-order valence-electron chi connectivity index (χ0n) is 13.2. The number of aromatic nitrogens is 1. The molecular weight excluding hydrogens is 326 g/mol. The lowest BCUT2D eigenvalue weighted by Crippen LogP contribution is -2.25. The first-order valence-electron chi connectivity index (χ1n) is 7.97. The Morgan fingerprint density at radius 3 is 2.96 bits per heavy atom. The molecular formula is C17H19N3O3S. The molecule has 2 aromatic rings. The van der Waals surface area contributed by atoms with E-state index in [1.807, 2.05) is 5.38 Å². The Hall–Kier alpha value is -2.41.